The van der Waals surface area contributed by atoms with Crippen molar-refractivity contribution in [1.82, 2.24) is 14.9 Å². The molecule has 1 saturated heterocycles. The first-order valence-corrected chi connectivity index (χ1v) is 6.67. The van der Waals surface area contributed by atoms with E-state index >= 15 is 0 Å². The number of anilines is 1. The minimum atomic E-state index is -0.114. The highest BCUT2D eigenvalue weighted by atomic mass is 16.1. The molecule has 1 aromatic carbocycles. The molecule has 2 heterocycles. The molecule has 1 fully saturated rings. The molecule has 0 aliphatic carbocycles. The van der Waals surface area contributed by atoms with Crippen molar-refractivity contribution in [2.75, 3.05) is 18.4 Å². The molecule has 100 valence electrons. The van der Waals surface area contributed by atoms with E-state index in [4.69, 9.17) is 0 Å². The first kappa shape index (κ1) is 12.0. The molecule has 1 aromatic heterocycles. The van der Waals surface area contributed by atoms with Gasteiger partial charge in [0.2, 0.25) is 0 Å². The zero-order valence-electron chi connectivity index (χ0n) is 10.7. The number of hydrogen-bond donors (Lipinski definition) is 3. The summed E-state index contributed by atoms with van der Waals surface area (Å²) in [5.74, 6) is 0. The summed E-state index contributed by atoms with van der Waals surface area (Å²) in [5, 5.41) is 6.89. The number of nitrogens with one attached hydrogen (secondary N) is 3. The molecule has 5 heteroatoms. The maximum Gasteiger partial charge on any atom is 0.330 e. The van der Waals surface area contributed by atoms with Crippen molar-refractivity contribution in [3.8, 4) is 5.69 Å². The zero-order valence-corrected chi connectivity index (χ0v) is 10.7. The normalized spacial score (nSPS) is 19.3. The number of nitrogens with zero attached hydrogens (tertiary/aromatic N) is 1. The van der Waals surface area contributed by atoms with E-state index in [1.54, 1.807) is 17.0 Å². The van der Waals surface area contributed by atoms with Crippen molar-refractivity contribution in [2.45, 2.75) is 18.9 Å². The van der Waals surface area contributed by atoms with Crippen LogP contribution < -0.4 is 16.3 Å². The maximum atomic E-state index is 11.5. The molecular weight excluding hydrogens is 240 g/mol. The van der Waals surface area contributed by atoms with Crippen LogP contribution in [0.4, 0.5) is 5.69 Å². The lowest BCUT2D eigenvalue weighted by Crippen LogP contribution is -2.38. The highest BCUT2D eigenvalue weighted by molar-refractivity contribution is 5.49. The van der Waals surface area contributed by atoms with Gasteiger partial charge in [-0.1, -0.05) is 0 Å². The molecule has 0 saturated carbocycles. The van der Waals surface area contributed by atoms with Gasteiger partial charge in [-0.25, -0.2) is 4.79 Å². The molecular formula is C14H18N4O. The van der Waals surface area contributed by atoms with Gasteiger partial charge in [0, 0.05) is 30.7 Å². The summed E-state index contributed by atoms with van der Waals surface area (Å²) >= 11 is 0. The number of rotatable bonds is 3. The van der Waals surface area contributed by atoms with Crippen LogP contribution in [0.5, 0.6) is 0 Å². The second-order valence-corrected chi connectivity index (χ2v) is 4.87. The third kappa shape index (κ3) is 2.71. The van der Waals surface area contributed by atoms with E-state index in [1.165, 1.54) is 12.8 Å². The summed E-state index contributed by atoms with van der Waals surface area (Å²) in [6.07, 6.45) is 5.79. The van der Waals surface area contributed by atoms with Gasteiger partial charge in [-0.3, -0.25) is 4.57 Å². The Morgan fingerprint density at radius 3 is 2.74 bits per heavy atom. The number of H-pyrrole nitrogens is 1. The monoisotopic (exact) mass is 258 g/mol. The van der Waals surface area contributed by atoms with E-state index in [9.17, 15) is 4.79 Å². The number of benzene rings is 1. The Morgan fingerprint density at radius 1 is 1.26 bits per heavy atom. The minimum absolute atomic E-state index is 0.114. The summed E-state index contributed by atoms with van der Waals surface area (Å²) in [5.41, 5.74) is 1.86. The number of imidazole rings is 1. The van der Waals surface area contributed by atoms with Crippen molar-refractivity contribution in [3.63, 3.8) is 0 Å². The molecule has 1 atom stereocenters. The Labute approximate surface area is 111 Å². The third-order valence-electron chi connectivity index (χ3n) is 3.46. The Kier molecular flexibility index (Phi) is 3.37. The van der Waals surface area contributed by atoms with Gasteiger partial charge in [0.15, 0.2) is 0 Å². The summed E-state index contributed by atoms with van der Waals surface area (Å²) in [4.78, 5) is 14.1. The second-order valence-electron chi connectivity index (χ2n) is 4.87. The fourth-order valence-corrected chi connectivity index (χ4v) is 2.45. The van der Waals surface area contributed by atoms with Gasteiger partial charge in [-0.2, -0.15) is 0 Å². The van der Waals surface area contributed by atoms with Crippen LogP contribution in [0.25, 0.3) is 5.69 Å². The van der Waals surface area contributed by atoms with Crippen LogP contribution >= 0.6 is 0 Å². The highest BCUT2D eigenvalue weighted by Gasteiger charge is 2.12. The Bertz CT molecular complexity index is 578. The maximum absolute atomic E-state index is 11.5. The molecule has 0 radical (unpaired) electrons. The van der Waals surface area contributed by atoms with Crippen LogP contribution in [0.15, 0.2) is 41.5 Å². The quantitative estimate of drug-likeness (QED) is 0.778. The van der Waals surface area contributed by atoms with Crippen LogP contribution in [-0.4, -0.2) is 28.7 Å². The topological polar surface area (TPSA) is 61.9 Å². The first-order chi connectivity index (χ1) is 9.33. The fraction of sp³-hybridized carbons (Fsp3) is 0.357. The predicted octanol–water partition coefficient (Wildman–Crippen LogP) is 1.33. The Balaban J connectivity index is 1.72. The lowest BCUT2D eigenvalue weighted by molar-refractivity contribution is 0.480. The largest absolute Gasteiger partial charge is 0.381 e. The van der Waals surface area contributed by atoms with E-state index in [-0.39, 0.29) is 5.69 Å². The minimum Gasteiger partial charge on any atom is -0.381 e. The highest BCUT2D eigenvalue weighted by Crippen LogP contribution is 2.15. The van der Waals surface area contributed by atoms with Crippen LogP contribution in [-0.2, 0) is 0 Å². The molecule has 1 aliphatic rings. The SMILES string of the molecule is O=c1[nH]ccn1-c1ccc(NC2CCCNC2)cc1. The van der Waals surface area contributed by atoms with Crippen molar-refractivity contribution in [3.05, 3.63) is 47.1 Å². The predicted molar refractivity (Wildman–Crippen MR) is 75.9 cm³/mol. The van der Waals surface area contributed by atoms with Crippen molar-refractivity contribution < 1.29 is 0 Å². The average molecular weight is 258 g/mol. The van der Waals surface area contributed by atoms with Crippen LogP contribution in [0, 0.1) is 0 Å². The molecule has 1 aliphatic heterocycles. The van der Waals surface area contributed by atoms with E-state index in [0.717, 1.165) is 24.5 Å². The number of aromatic amines is 1. The molecule has 0 amide bonds. The van der Waals surface area contributed by atoms with Crippen LogP contribution in [0.3, 0.4) is 0 Å². The third-order valence-corrected chi connectivity index (χ3v) is 3.46. The van der Waals surface area contributed by atoms with Crippen LogP contribution in [0.2, 0.25) is 0 Å². The summed E-state index contributed by atoms with van der Waals surface area (Å²) < 4.78 is 1.59. The fourth-order valence-electron chi connectivity index (χ4n) is 2.45. The molecule has 0 spiro atoms. The first-order valence-electron chi connectivity index (χ1n) is 6.67. The molecule has 19 heavy (non-hydrogen) atoms. The van der Waals surface area contributed by atoms with E-state index in [2.05, 4.69) is 15.6 Å². The summed E-state index contributed by atoms with van der Waals surface area (Å²) in [6, 6.07) is 8.43. The molecule has 5 nitrogen and oxygen atoms in total. The van der Waals surface area contributed by atoms with Crippen molar-refractivity contribution >= 4 is 5.69 Å². The van der Waals surface area contributed by atoms with Gasteiger partial charge in [-0.05, 0) is 43.7 Å². The molecule has 2 aromatic rings. The molecule has 3 N–H and O–H groups in total. The lowest BCUT2D eigenvalue weighted by Gasteiger charge is -2.24. The van der Waals surface area contributed by atoms with Gasteiger partial charge in [-0.15, -0.1) is 0 Å². The molecule has 1 unspecified atom stereocenters. The molecule has 3 rings (SSSR count). The van der Waals surface area contributed by atoms with Crippen LogP contribution in [0.1, 0.15) is 12.8 Å². The van der Waals surface area contributed by atoms with Crippen molar-refractivity contribution in [2.24, 2.45) is 0 Å². The van der Waals surface area contributed by atoms with E-state index < -0.39 is 0 Å². The van der Waals surface area contributed by atoms with Gasteiger partial charge in [0.1, 0.15) is 0 Å². The van der Waals surface area contributed by atoms with Gasteiger partial charge in [0.25, 0.3) is 0 Å². The molecule has 0 bridgehead atoms. The lowest BCUT2D eigenvalue weighted by atomic mass is 10.1. The summed E-state index contributed by atoms with van der Waals surface area (Å²) in [7, 11) is 0. The van der Waals surface area contributed by atoms with Crippen molar-refractivity contribution in [1.29, 1.82) is 0 Å². The standard InChI is InChI=1S/C14H18N4O/c19-14-16-8-9-18(14)13-5-3-11(4-6-13)17-12-2-1-7-15-10-12/h3-6,8-9,12,15,17H,1-2,7,10H2,(H,16,19). The van der Waals surface area contributed by atoms with E-state index in [0.29, 0.717) is 6.04 Å². The number of aromatic nitrogens is 2. The Hall–Kier alpha value is -2.01. The van der Waals surface area contributed by atoms with Gasteiger partial charge < -0.3 is 15.6 Å². The number of piperidine rings is 1. The van der Waals surface area contributed by atoms with E-state index in [1.807, 2.05) is 24.3 Å². The number of hydrogen-bond acceptors (Lipinski definition) is 3. The zero-order chi connectivity index (χ0) is 13.1. The second kappa shape index (κ2) is 5.32. The van der Waals surface area contributed by atoms with Gasteiger partial charge >= 0.3 is 5.69 Å². The average Bonchev–Trinajstić information content (AvgIpc) is 2.87. The van der Waals surface area contributed by atoms with Gasteiger partial charge in [0.05, 0.1) is 5.69 Å². The smallest absolute Gasteiger partial charge is 0.330 e. The summed E-state index contributed by atoms with van der Waals surface area (Å²) in [6.45, 7) is 2.13. The Morgan fingerprint density at radius 2 is 2.11 bits per heavy atom.